The molecule has 0 radical (unpaired) electrons. The van der Waals surface area contributed by atoms with Gasteiger partial charge >= 0.3 is 0 Å². The quantitative estimate of drug-likeness (QED) is 0.802. The Bertz CT molecular complexity index is 364. The summed E-state index contributed by atoms with van der Waals surface area (Å²) in [5, 5.41) is 10.2. The first-order chi connectivity index (χ1) is 7.13. The third kappa shape index (κ3) is 2.61. The lowest BCUT2D eigenvalue weighted by atomic mass is 10.1. The van der Waals surface area contributed by atoms with Gasteiger partial charge in [0.25, 0.3) is 0 Å². The highest BCUT2D eigenvalue weighted by molar-refractivity contribution is 6.29. The van der Waals surface area contributed by atoms with Crippen LogP contribution in [0.25, 0.3) is 0 Å². The van der Waals surface area contributed by atoms with Gasteiger partial charge in [-0.25, -0.2) is 4.98 Å². The molecular formula is C11H14ClNO2. The van der Waals surface area contributed by atoms with Crippen molar-refractivity contribution >= 4 is 11.6 Å². The SMILES string of the molecule is COc1nc(Cl)ccc1CCC1(O)CC1. The molecule has 1 fully saturated rings. The van der Waals surface area contributed by atoms with E-state index in [1.165, 1.54) is 0 Å². The van der Waals surface area contributed by atoms with Crippen molar-refractivity contribution < 1.29 is 9.84 Å². The van der Waals surface area contributed by atoms with Crippen molar-refractivity contribution in [3.63, 3.8) is 0 Å². The lowest BCUT2D eigenvalue weighted by molar-refractivity contribution is 0.140. The molecule has 1 saturated carbocycles. The number of aryl methyl sites for hydroxylation is 1. The molecular weight excluding hydrogens is 214 g/mol. The van der Waals surface area contributed by atoms with Crippen molar-refractivity contribution in [2.45, 2.75) is 31.3 Å². The highest BCUT2D eigenvalue weighted by Gasteiger charge is 2.39. The van der Waals surface area contributed by atoms with Crippen LogP contribution in [0.1, 0.15) is 24.8 Å². The Hall–Kier alpha value is -0.800. The average molecular weight is 228 g/mol. The second kappa shape index (κ2) is 3.99. The lowest BCUT2D eigenvalue weighted by Gasteiger charge is -2.10. The van der Waals surface area contributed by atoms with Crippen LogP contribution >= 0.6 is 11.6 Å². The van der Waals surface area contributed by atoms with Crippen LogP contribution in [0.5, 0.6) is 5.88 Å². The first kappa shape index (κ1) is 10.7. The van der Waals surface area contributed by atoms with Gasteiger partial charge in [-0.1, -0.05) is 17.7 Å². The molecule has 0 bridgehead atoms. The number of halogens is 1. The molecule has 82 valence electrons. The number of hydrogen-bond acceptors (Lipinski definition) is 3. The van der Waals surface area contributed by atoms with Crippen LogP contribution in [0.4, 0.5) is 0 Å². The van der Waals surface area contributed by atoms with E-state index in [2.05, 4.69) is 4.98 Å². The molecule has 1 aromatic heterocycles. The van der Waals surface area contributed by atoms with E-state index in [0.29, 0.717) is 11.0 Å². The third-order valence-electron chi connectivity index (χ3n) is 2.79. The van der Waals surface area contributed by atoms with Crippen LogP contribution in [0, 0.1) is 0 Å². The fourth-order valence-electron chi connectivity index (χ4n) is 1.58. The van der Waals surface area contributed by atoms with Gasteiger partial charge in [0.1, 0.15) is 5.15 Å². The minimum absolute atomic E-state index is 0.426. The van der Waals surface area contributed by atoms with Crippen LogP contribution < -0.4 is 4.74 Å². The van der Waals surface area contributed by atoms with E-state index in [9.17, 15) is 5.11 Å². The van der Waals surface area contributed by atoms with E-state index in [1.807, 2.05) is 6.07 Å². The fraction of sp³-hybridized carbons (Fsp3) is 0.545. The van der Waals surface area contributed by atoms with Crippen molar-refractivity contribution in [2.75, 3.05) is 7.11 Å². The average Bonchev–Trinajstić information content (AvgIpc) is 2.95. The zero-order valence-corrected chi connectivity index (χ0v) is 9.42. The van der Waals surface area contributed by atoms with Crippen molar-refractivity contribution in [3.8, 4) is 5.88 Å². The number of nitrogens with zero attached hydrogens (tertiary/aromatic N) is 1. The van der Waals surface area contributed by atoms with Gasteiger partial charge in [-0.3, -0.25) is 0 Å². The van der Waals surface area contributed by atoms with Crippen LogP contribution in [0.2, 0.25) is 5.15 Å². The summed E-state index contributed by atoms with van der Waals surface area (Å²) in [6, 6.07) is 3.65. The molecule has 0 unspecified atom stereocenters. The Morgan fingerprint density at radius 2 is 2.27 bits per heavy atom. The maximum absolute atomic E-state index is 9.72. The van der Waals surface area contributed by atoms with Gasteiger partial charge in [-0.2, -0.15) is 0 Å². The highest BCUT2D eigenvalue weighted by atomic mass is 35.5. The van der Waals surface area contributed by atoms with E-state index < -0.39 is 5.60 Å². The normalized spacial score (nSPS) is 17.5. The minimum atomic E-state index is -0.426. The van der Waals surface area contributed by atoms with E-state index in [0.717, 1.165) is 31.2 Å². The molecule has 3 nitrogen and oxygen atoms in total. The summed E-state index contributed by atoms with van der Waals surface area (Å²) in [6.07, 6.45) is 3.38. The minimum Gasteiger partial charge on any atom is -0.481 e. The van der Waals surface area contributed by atoms with Crippen molar-refractivity contribution in [1.82, 2.24) is 4.98 Å². The predicted octanol–water partition coefficient (Wildman–Crippen LogP) is 2.20. The summed E-state index contributed by atoms with van der Waals surface area (Å²) >= 11 is 5.76. The van der Waals surface area contributed by atoms with E-state index in [4.69, 9.17) is 16.3 Å². The van der Waals surface area contributed by atoms with Crippen molar-refractivity contribution in [1.29, 1.82) is 0 Å². The maximum Gasteiger partial charge on any atom is 0.217 e. The Labute approximate surface area is 94.0 Å². The molecule has 0 atom stereocenters. The van der Waals surface area contributed by atoms with Gasteiger partial charge < -0.3 is 9.84 Å². The topological polar surface area (TPSA) is 42.4 Å². The highest BCUT2D eigenvalue weighted by Crippen LogP contribution is 2.39. The molecule has 15 heavy (non-hydrogen) atoms. The second-order valence-corrected chi connectivity index (χ2v) is 4.41. The molecule has 0 spiro atoms. The summed E-state index contributed by atoms with van der Waals surface area (Å²) in [7, 11) is 1.58. The lowest BCUT2D eigenvalue weighted by Crippen LogP contribution is -2.08. The number of aromatic nitrogens is 1. The smallest absolute Gasteiger partial charge is 0.217 e. The monoisotopic (exact) mass is 227 g/mol. The van der Waals surface area contributed by atoms with Crippen molar-refractivity contribution in [3.05, 3.63) is 22.8 Å². The summed E-state index contributed by atoms with van der Waals surface area (Å²) in [5.41, 5.74) is 0.576. The van der Waals surface area contributed by atoms with Crippen LogP contribution in [-0.4, -0.2) is 22.8 Å². The van der Waals surface area contributed by atoms with Crippen LogP contribution in [-0.2, 0) is 6.42 Å². The van der Waals surface area contributed by atoms with E-state index in [1.54, 1.807) is 13.2 Å². The standard InChI is InChI=1S/C11H14ClNO2/c1-15-10-8(2-3-9(12)13-10)4-5-11(14)6-7-11/h2-3,14H,4-7H2,1H3. The fourth-order valence-corrected chi connectivity index (χ4v) is 1.72. The number of hydrogen-bond donors (Lipinski definition) is 1. The van der Waals surface area contributed by atoms with Gasteiger partial charge in [0.2, 0.25) is 5.88 Å². The molecule has 1 aliphatic rings. The largest absolute Gasteiger partial charge is 0.481 e. The molecule has 4 heteroatoms. The van der Waals surface area contributed by atoms with E-state index >= 15 is 0 Å². The van der Waals surface area contributed by atoms with Crippen LogP contribution in [0.3, 0.4) is 0 Å². The molecule has 1 N–H and O–H groups in total. The molecule has 0 aromatic carbocycles. The predicted molar refractivity (Wildman–Crippen MR) is 58.3 cm³/mol. The Morgan fingerprint density at radius 3 is 2.87 bits per heavy atom. The first-order valence-corrected chi connectivity index (χ1v) is 5.43. The summed E-state index contributed by atoms with van der Waals surface area (Å²) in [4.78, 5) is 4.07. The zero-order valence-electron chi connectivity index (χ0n) is 8.66. The van der Waals surface area contributed by atoms with Gasteiger partial charge in [-0.15, -0.1) is 0 Å². The van der Waals surface area contributed by atoms with Gasteiger partial charge in [0.15, 0.2) is 0 Å². The number of rotatable bonds is 4. The number of aliphatic hydroxyl groups is 1. The first-order valence-electron chi connectivity index (χ1n) is 5.05. The molecule has 2 rings (SSSR count). The molecule has 1 aliphatic carbocycles. The van der Waals surface area contributed by atoms with Crippen LogP contribution in [0.15, 0.2) is 12.1 Å². The summed E-state index contributed by atoms with van der Waals surface area (Å²) in [5.74, 6) is 0.562. The Balaban J connectivity index is 2.06. The summed E-state index contributed by atoms with van der Waals surface area (Å²) < 4.78 is 5.13. The number of ether oxygens (including phenoxy) is 1. The molecule has 1 aromatic rings. The third-order valence-corrected chi connectivity index (χ3v) is 3.00. The van der Waals surface area contributed by atoms with Crippen molar-refractivity contribution in [2.24, 2.45) is 0 Å². The second-order valence-electron chi connectivity index (χ2n) is 4.03. The van der Waals surface area contributed by atoms with Gasteiger partial charge in [-0.05, 0) is 31.7 Å². The number of methoxy groups -OCH3 is 1. The molecule has 0 amide bonds. The molecule has 1 heterocycles. The Morgan fingerprint density at radius 1 is 1.53 bits per heavy atom. The van der Waals surface area contributed by atoms with Gasteiger partial charge in [0, 0.05) is 5.56 Å². The van der Waals surface area contributed by atoms with E-state index in [-0.39, 0.29) is 0 Å². The summed E-state index contributed by atoms with van der Waals surface area (Å²) in [6.45, 7) is 0. The zero-order chi connectivity index (χ0) is 10.9. The molecule has 0 aliphatic heterocycles. The molecule has 0 saturated heterocycles. The van der Waals surface area contributed by atoms with Gasteiger partial charge in [0.05, 0.1) is 12.7 Å². The Kier molecular flexibility index (Phi) is 2.85. The maximum atomic E-state index is 9.72. The number of pyridine rings is 1.